The molecule has 2 rings (SSSR count). The highest BCUT2D eigenvalue weighted by molar-refractivity contribution is 9.10. The predicted octanol–water partition coefficient (Wildman–Crippen LogP) is 2.81. The second kappa shape index (κ2) is 7.22. The third-order valence-electron chi connectivity index (χ3n) is 3.53. The highest BCUT2D eigenvalue weighted by Crippen LogP contribution is 2.20. The molecular weight excluding hydrogens is 290 g/mol. The summed E-state index contributed by atoms with van der Waals surface area (Å²) in [5.41, 5.74) is 1.30. The van der Waals surface area contributed by atoms with Crippen molar-refractivity contribution in [3.8, 4) is 0 Å². The molecule has 18 heavy (non-hydrogen) atoms. The minimum Gasteiger partial charge on any atom is -0.315 e. The van der Waals surface area contributed by atoms with Gasteiger partial charge in [0.15, 0.2) is 0 Å². The van der Waals surface area contributed by atoms with Gasteiger partial charge in [-0.1, -0.05) is 13.3 Å². The van der Waals surface area contributed by atoms with E-state index in [1.54, 1.807) is 0 Å². The van der Waals surface area contributed by atoms with E-state index < -0.39 is 0 Å². The number of hydrogen-bond acceptors (Lipinski definition) is 3. The maximum Gasteiger partial charge on any atom is 0.0410 e. The molecule has 1 N–H and O–H groups in total. The van der Waals surface area contributed by atoms with Gasteiger partial charge in [-0.25, -0.2) is 0 Å². The van der Waals surface area contributed by atoms with Crippen molar-refractivity contribution in [1.82, 2.24) is 15.2 Å². The Morgan fingerprint density at radius 1 is 1.44 bits per heavy atom. The molecule has 1 atom stereocenters. The molecule has 1 saturated heterocycles. The van der Waals surface area contributed by atoms with E-state index in [-0.39, 0.29) is 0 Å². The Morgan fingerprint density at radius 3 is 3.11 bits per heavy atom. The summed E-state index contributed by atoms with van der Waals surface area (Å²) in [7, 11) is 0. The van der Waals surface area contributed by atoms with Crippen LogP contribution < -0.4 is 5.32 Å². The molecule has 0 amide bonds. The van der Waals surface area contributed by atoms with Crippen LogP contribution in [0.15, 0.2) is 22.9 Å². The van der Waals surface area contributed by atoms with Crippen molar-refractivity contribution in [3.05, 3.63) is 28.5 Å². The highest BCUT2D eigenvalue weighted by Gasteiger charge is 2.21. The Morgan fingerprint density at radius 2 is 2.33 bits per heavy atom. The summed E-state index contributed by atoms with van der Waals surface area (Å²) in [5, 5.41) is 3.48. The van der Waals surface area contributed by atoms with Gasteiger partial charge in [-0.2, -0.15) is 0 Å². The van der Waals surface area contributed by atoms with Crippen LogP contribution in [0.2, 0.25) is 0 Å². The Balaban J connectivity index is 1.96. The van der Waals surface area contributed by atoms with Crippen LogP contribution in [0.1, 0.15) is 31.7 Å². The van der Waals surface area contributed by atoms with Crippen molar-refractivity contribution in [1.29, 1.82) is 0 Å². The third kappa shape index (κ3) is 4.04. The maximum atomic E-state index is 4.25. The van der Waals surface area contributed by atoms with E-state index in [0.29, 0.717) is 6.04 Å². The molecule has 100 valence electrons. The normalized spacial score (nSPS) is 21.1. The van der Waals surface area contributed by atoms with E-state index in [4.69, 9.17) is 0 Å². The standard InChI is InChI=1S/C14H22BrN3/c1-2-16-10-14-5-3-4-6-18(14)11-12-7-13(15)9-17-8-12/h7-9,14,16H,2-6,10-11H2,1H3. The lowest BCUT2D eigenvalue weighted by Gasteiger charge is -2.35. The van der Waals surface area contributed by atoms with Crippen molar-refractivity contribution in [2.45, 2.75) is 38.8 Å². The van der Waals surface area contributed by atoms with E-state index in [0.717, 1.165) is 24.1 Å². The van der Waals surface area contributed by atoms with Crippen LogP contribution in [0.25, 0.3) is 0 Å². The van der Waals surface area contributed by atoms with Gasteiger partial charge in [0, 0.05) is 36.0 Å². The Hall–Kier alpha value is -0.450. The zero-order valence-electron chi connectivity index (χ0n) is 11.0. The van der Waals surface area contributed by atoms with Crippen molar-refractivity contribution in [3.63, 3.8) is 0 Å². The fraction of sp³-hybridized carbons (Fsp3) is 0.643. The molecule has 1 fully saturated rings. The number of piperidine rings is 1. The summed E-state index contributed by atoms with van der Waals surface area (Å²) < 4.78 is 1.07. The van der Waals surface area contributed by atoms with E-state index in [2.05, 4.69) is 44.1 Å². The van der Waals surface area contributed by atoms with Gasteiger partial charge in [0.1, 0.15) is 0 Å². The van der Waals surface area contributed by atoms with Crippen LogP contribution in [0, 0.1) is 0 Å². The number of hydrogen-bond donors (Lipinski definition) is 1. The van der Waals surface area contributed by atoms with Gasteiger partial charge >= 0.3 is 0 Å². The number of halogens is 1. The lowest BCUT2D eigenvalue weighted by molar-refractivity contribution is 0.138. The van der Waals surface area contributed by atoms with E-state index >= 15 is 0 Å². The number of pyridine rings is 1. The van der Waals surface area contributed by atoms with Gasteiger partial charge in [0.05, 0.1) is 0 Å². The van der Waals surface area contributed by atoms with Gasteiger partial charge in [0.2, 0.25) is 0 Å². The number of likely N-dealkylation sites (N-methyl/N-ethyl adjacent to an activating group) is 1. The van der Waals surface area contributed by atoms with Gasteiger partial charge in [-0.05, 0) is 53.5 Å². The topological polar surface area (TPSA) is 28.2 Å². The molecule has 4 heteroatoms. The molecule has 0 spiro atoms. The number of aromatic nitrogens is 1. The molecule has 1 aliphatic rings. The monoisotopic (exact) mass is 311 g/mol. The smallest absolute Gasteiger partial charge is 0.0410 e. The summed E-state index contributed by atoms with van der Waals surface area (Å²) in [6.07, 6.45) is 7.82. The predicted molar refractivity (Wildman–Crippen MR) is 78.5 cm³/mol. The summed E-state index contributed by atoms with van der Waals surface area (Å²) in [5.74, 6) is 0. The number of rotatable bonds is 5. The van der Waals surface area contributed by atoms with Crippen LogP contribution >= 0.6 is 15.9 Å². The van der Waals surface area contributed by atoms with Crippen LogP contribution in [-0.4, -0.2) is 35.6 Å². The molecular formula is C14H22BrN3. The first-order valence-electron chi connectivity index (χ1n) is 6.83. The van der Waals surface area contributed by atoms with E-state index in [1.165, 1.54) is 31.4 Å². The maximum absolute atomic E-state index is 4.25. The Bertz CT molecular complexity index is 370. The molecule has 0 bridgehead atoms. The average molecular weight is 312 g/mol. The summed E-state index contributed by atoms with van der Waals surface area (Å²) in [6.45, 7) is 6.57. The zero-order chi connectivity index (χ0) is 12.8. The second-order valence-electron chi connectivity index (χ2n) is 4.94. The lowest BCUT2D eigenvalue weighted by Crippen LogP contribution is -2.44. The van der Waals surface area contributed by atoms with Gasteiger partial charge < -0.3 is 5.32 Å². The first-order valence-corrected chi connectivity index (χ1v) is 7.63. The van der Waals surface area contributed by atoms with Crippen molar-refractivity contribution in [2.24, 2.45) is 0 Å². The number of nitrogens with zero attached hydrogens (tertiary/aromatic N) is 2. The molecule has 3 nitrogen and oxygen atoms in total. The van der Waals surface area contributed by atoms with E-state index in [9.17, 15) is 0 Å². The van der Waals surface area contributed by atoms with Crippen LogP contribution in [-0.2, 0) is 6.54 Å². The Kier molecular flexibility index (Phi) is 5.60. The zero-order valence-corrected chi connectivity index (χ0v) is 12.6. The van der Waals surface area contributed by atoms with Gasteiger partial charge in [-0.3, -0.25) is 9.88 Å². The van der Waals surface area contributed by atoms with Crippen LogP contribution in [0.3, 0.4) is 0 Å². The van der Waals surface area contributed by atoms with Crippen LogP contribution in [0.5, 0.6) is 0 Å². The number of nitrogens with one attached hydrogen (secondary N) is 1. The van der Waals surface area contributed by atoms with Crippen molar-refractivity contribution in [2.75, 3.05) is 19.6 Å². The molecule has 2 heterocycles. The number of likely N-dealkylation sites (tertiary alicyclic amines) is 1. The van der Waals surface area contributed by atoms with Gasteiger partial charge in [-0.15, -0.1) is 0 Å². The highest BCUT2D eigenvalue weighted by atomic mass is 79.9. The summed E-state index contributed by atoms with van der Waals surface area (Å²) >= 11 is 3.49. The van der Waals surface area contributed by atoms with Gasteiger partial charge in [0.25, 0.3) is 0 Å². The summed E-state index contributed by atoms with van der Waals surface area (Å²) in [4.78, 5) is 6.84. The Labute approximate surface area is 118 Å². The largest absolute Gasteiger partial charge is 0.315 e. The summed E-state index contributed by atoms with van der Waals surface area (Å²) in [6, 6.07) is 2.85. The van der Waals surface area contributed by atoms with Crippen LogP contribution in [0.4, 0.5) is 0 Å². The quantitative estimate of drug-likeness (QED) is 0.906. The molecule has 0 saturated carbocycles. The minimum atomic E-state index is 0.678. The fourth-order valence-corrected chi connectivity index (χ4v) is 3.00. The first kappa shape index (κ1) is 14.0. The molecule has 1 aromatic rings. The van der Waals surface area contributed by atoms with Crippen molar-refractivity contribution >= 4 is 15.9 Å². The third-order valence-corrected chi connectivity index (χ3v) is 3.96. The molecule has 0 aromatic carbocycles. The van der Waals surface area contributed by atoms with E-state index in [1.807, 2.05) is 12.4 Å². The SMILES string of the molecule is CCNCC1CCCCN1Cc1cncc(Br)c1. The average Bonchev–Trinajstić information content (AvgIpc) is 2.38. The second-order valence-corrected chi connectivity index (χ2v) is 5.85. The molecule has 0 radical (unpaired) electrons. The molecule has 0 aliphatic carbocycles. The van der Waals surface area contributed by atoms with Crippen molar-refractivity contribution < 1.29 is 0 Å². The first-order chi connectivity index (χ1) is 8.79. The molecule has 1 aliphatic heterocycles. The fourth-order valence-electron chi connectivity index (χ4n) is 2.59. The molecule has 1 unspecified atom stereocenters. The molecule has 1 aromatic heterocycles. The minimum absolute atomic E-state index is 0.678. The lowest BCUT2D eigenvalue weighted by atomic mass is 10.0.